The van der Waals surface area contributed by atoms with Crippen molar-refractivity contribution in [3.05, 3.63) is 0 Å². The number of unbranched alkanes of at least 4 members (excludes halogenated alkanes) is 4. The summed E-state index contributed by atoms with van der Waals surface area (Å²) in [4.78, 5) is 0. The van der Waals surface area contributed by atoms with Gasteiger partial charge in [0, 0.05) is 13.2 Å². The molecule has 0 aromatic carbocycles. The van der Waals surface area contributed by atoms with E-state index in [4.69, 9.17) is 9.31 Å². The highest BCUT2D eigenvalue weighted by molar-refractivity contribution is 6.17. The number of halogens is 1. The fraction of sp³-hybridized carbons (Fsp3) is 1.00. The Kier molecular flexibility index (Phi) is 18.8. The Labute approximate surface area is 95.5 Å². The molecule has 0 atom stereocenters. The first kappa shape index (κ1) is 16.7. The predicted octanol–water partition coefficient (Wildman–Crippen LogP) is 3.09. The van der Waals surface area contributed by atoms with Gasteiger partial charge in [-0.1, -0.05) is 39.5 Å². The molecule has 0 amide bonds. The zero-order valence-electron chi connectivity index (χ0n) is 9.59. The molecule has 0 aliphatic carbocycles. The highest BCUT2D eigenvalue weighted by Gasteiger charge is 1.92. The van der Waals surface area contributed by atoms with Gasteiger partial charge < -0.3 is 9.31 Å². The van der Waals surface area contributed by atoms with Crippen LogP contribution in [0.3, 0.4) is 0 Å². The topological polar surface area (TPSA) is 18.5 Å². The summed E-state index contributed by atoms with van der Waals surface area (Å²) in [6.45, 7) is 6.09. The third-order valence-corrected chi connectivity index (χ3v) is 1.95. The van der Waals surface area contributed by atoms with Gasteiger partial charge in [-0.15, -0.1) is 12.4 Å². The van der Waals surface area contributed by atoms with E-state index >= 15 is 0 Å². The summed E-state index contributed by atoms with van der Waals surface area (Å²) in [6, 6.07) is 0. The molecule has 0 aliphatic heterocycles. The first-order valence-electron chi connectivity index (χ1n) is 5.57. The molecule has 0 spiro atoms. The summed E-state index contributed by atoms with van der Waals surface area (Å²) in [7, 11) is 0.480. The van der Waals surface area contributed by atoms with Crippen molar-refractivity contribution < 1.29 is 9.31 Å². The van der Waals surface area contributed by atoms with E-state index in [0.29, 0.717) is 7.69 Å². The molecule has 0 rings (SSSR count). The summed E-state index contributed by atoms with van der Waals surface area (Å²) < 4.78 is 10.6. The minimum absolute atomic E-state index is 0. The summed E-state index contributed by atoms with van der Waals surface area (Å²) in [5, 5.41) is 0. The smallest absolute Gasteiger partial charge is 0.414 e. The van der Waals surface area contributed by atoms with Crippen molar-refractivity contribution in [1.82, 2.24) is 0 Å². The Hall–Kier alpha value is 0.275. The fourth-order valence-corrected chi connectivity index (χ4v) is 1.09. The number of rotatable bonds is 10. The first-order chi connectivity index (χ1) is 6.41. The summed E-state index contributed by atoms with van der Waals surface area (Å²) in [6.07, 6.45) is 7.34. The van der Waals surface area contributed by atoms with Gasteiger partial charge >= 0.3 is 7.69 Å². The second-order valence-electron chi connectivity index (χ2n) is 3.35. The van der Waals surface area contributed by atoms with E-state index in [9.17, 15) is 0 Å². The third kappa shape index (κ3) is 14.8. The minimum Gasteiger partial charge on any atom is -0.414 e. The van der Waals surface area contributed by atoms with E-state index in [0.717, 1.165) is 26.1 Å². The van der Waals surface area contributed by atoms with Crippen molar-refractivity contribution in [3.63, 3.8) is 0 Å². The molecule has 2 nitrogen and oxygen atoms in total. The van der Waals surface area contributed by atoms with Crippen LogP contribution in [0.2, 0.25) is 0 Å². The average molecular weight is 223 g/mol. The molecule has 86 valence electrons. The van der Waals surface area contributed by atoms with Crippen LogP contribution in [0.1, 0.15) is 52.4 Å². The second kappa shape index (κ2) is 15.7. The molecule has 0 aromatic rings. The molecule has 0 radical (unpaired) electrons. The molecule has 0 N–H and O–H groups in total. The van der Waals surface area contributed by atoms with Crippen LogP contribution in [0, 0.1) is 0 Å². The molecule has 14 heavy (non-hydrogen) atoms. The van der Waals surface area contributed by atoms with Crippen molar-refractivity contribution in [3.8, 4) is 0 Å². The van der Waals surface area contributed by atoms with Gasteiger partial charge in [0.25, 0.3) is 0 Å². The Balaban J connectivity index is 0. The average Bonchev–Trinajstić information content (AvgIpc) is 2.16. The standard InChI is InChI=1S/C10H23BO2.ClH/c1-3-5-7-9-12-11-13-10-8-6-4-2;/h11H,3-10H2,1-2H3;1H. The SMILES string of the molecule is CCCCCOBOCCCCC.Cl. The maximum atomic E-state index is 5.29. The lowest BCUT2D eigenvalue weighted by atomic mass is 10.2. The van der Waals surface area contributed by atoms with Gasteiger partial charge in [-0.25, -0.2) is 0 Å². The van der Waals surface area contributed by atoms with E-state index < -0.39 is 0 Å². The van der Waals surface area contributed by atoms with Gasteiger partial charge in [0.15, 0.2) is 0 Å². The summed E-state index contributed by atoms with van der Waals surface area (Å²) in [5.41, 5.74) is 0. The molecule has 0 aliphatic rings. The molecule has 0 bridgehead atoms. The molecular formula is C10H24BClO2. The Morgan fingerprint density at radius 2 is 1.21 bits per heavy atom. The predicted molar refractivity (Wildman–Crippen MR) is 65.4 cm³/mol. The Bertz CT molecular complexity index is 84.2. The van der Waals surface area contributed by atoms with Crippen LogP contribution in [0.15, 0.2) is 0 Å². The lowest BCUT2D eigenvalue weighted by Gasteiger charge is -2.03. The van der Waals surface area contributed by atoms with Crippen molar-refractivity contribution in [2.45, 2.75) is 52.4 Å². The van der Waals surface area contributed by atoms with Crippen LogP contribution < -0.4 is 0 Å². The zero-order valence-corrected chi connectivity index (χ0v) is 10.4. The van der Waals surface area contributed by atoms with E-state index in [1.807, 2.05) is 0 Å². The first-order valence-corrected chi connectivity index (χ1v) is 5.57. The molecule has 0 heterocycles. The largest absolute Gasteiger partial charge is 0.438 e. The van der Waals surface area contributed by atoms with Gasteiger partial charge in [-0.2, -0.15) is 0 Å². The van der Waals surface area contributed by atoms with Gasteiger partial charge in [0.05, 0.1) is 0 Å². The zero-order chi connectivity index (χ0) is 9.78. The molecule has 0 fully saturated rings. The molecule has 0 aromatic heterocycles. The van der Waals surface area contributed by atoms with E-state index in [-0.39, 0.29) is 12.4 Å². The Morgan fingerprint density at radius 3 is 1.57 bits per heavy atom. The monoisotopic (exact) mass is 222 g/mol. The van der Waals surface area contributed by atoms with Crippen molar-refractivity contribution in [2.75, 3.05) is 13.2 Å². The number of hydrogen-bond acceptors (Lipinski definition) is 2. The van der Waals surface area contributed by atoms with Crippen LogP contribution in [0.25, 0.3) is 0 Å². The molecule has 0 unspecified atom stereocenters. The molecule has 0 saturated heterocycles. The van der Waals surface area contributed by atoms with Crippen LogP contribution in [-0.4, -0.2) is 20.9 Å². The highest BCUT2D eigenvalue weighted by Crippen LogP contribution is 1.95. The fourth-order valence-electron chi connectivity index (χ4n) is 1.09. The second-order valence-corrected chi connectivity index (χ2v) is 3.35. The van der Waals surface area contributed by atoms with E-state index in [2.05, 4.69) is 13.8 Å². The van der Waals surface area contributed by atoms with Crippen LogP contribution >= 0.6 is 12.4 Å². The molecule has 0 saturated carbocycles. The van der Waals surface area contributed by atoms with Crippen LogP contribution in [0.4, 0.5) is 0 Å². The van der Waals surface area contributed by atoms with Gasteiger partial charge in [0.1, 0.15) is 0 Å². The van der Waals surface area contributed by atoms with E-state index in [1.165, 1.54) is 25.7 Å². The quantitative estimate of drug-likeness (QED) is 0.418. The number of hydrogen-bond donors (Lipinski definition) is 0. The summed E-state index contributed by atoms with van der Waals surface area (Å²) in [5.74, 6) is 0. The van der Waals surface area contributed by atoms with Crippen LogP contribution in [0.5, 0.6) is 0 Å². The maximum absolute atomic E-state index is 5.29. The van der Waals surface area contributed by atoms with Crippen molar-refractivity contribution in [1.29, 1.82) is 0 Å². The summed E-state index contributed by atoms with van der Waals surface area (Å²) >= 11 is 0. The van der Waals surface area contributed by atoms with Gasteiger partial charge in [0.2, 0.25) is 0 Å². The van der Waals surface area contributed by atoms with Gasteiger partial charge in [-0.05, 0) is 12.8 Å². The highest BCUT2D eigenvalue weighted by atomic mass is 35.5. The third-order valence-electron chi connectivity index (χ3n) is 1.95. The molecular weight excluding hydrogens is 198 g/mol. The normalized spacial score (nSPS) is 9.57. The molecule has 4 heteroatoms. The van der Waals surface area contributed by atoms with Crippen molar-refractivity contribution in [2.24, 2.45) is 0 Å². The lowest BCUT2D eigenvalue weighted by molar-refractivity contribution is 0.214. The van der Waals surface area contributed by atoms with Gasteiger partial charge in [-0.3, -0.25) is 0 Å². The van der Waals surface area contributed by atoms with Crippen molar-refractivity contribution >= 4 is 20.1 Å². The van der Waals surface area contributed by atoms with E-state index in [1.54, 1.807) is 0 Å². The maximum Gasteiger partial charge on any atom is 0.438 e. The lowest BCUT2D eigenvalue weighted by Crippen LogP contribution is -2.06. The minimum atomic E-state index is 0. The van der Waals surface area contributed by atoms with Crippen LogP contribution in [-0.2, 0) is 9.31 Å². The Morgan fingerprint density at radius 1 is 0.786 bits per heavy atom.